The highest BCUT2D eigenvalue weighted by Gasteiger charge is 2.11. The predicted octanol–water partition coefficient (Wildman–Crippen LogP) is 15.1. The van der Waals surface area contributed by atoms with Gasteiger partial charge in [-0.2, -0.15) is 0 Å². The topological polar surface area (TPSA) is 38.7 Å². The summed E-state index contributed by atoms with van der Waals surface area (Å²) in [6.07, 6.45) is 10.3. The van der Waals surface area contributed by atoms with Crippen LogP contribution in [0.3, 0.4) is 0 Å². The molecular formula is C57H41N3S. The SMILES string of the molecule is C#Cc1ccccc1.c1cc2cccc3c4cccc5cccc(c(c1)c23)c54.c1ccc(Sc2ccccc2)cc1.c1ccc2ncccc2c1.c1ccc2nccnc2c1. The molecule has 0 N–H and O–H groups in total. The standard InChI is InChI=1S/C20H12.C12H10S.C9H7N.C8H6N2.C8H6/c1-5-13-6-2-11-17-18-12-4-8-14-7-3-10-16(20(14)18)15(9-1)19(13)17;1-3-7-11(8-4-1)13-12-9-5-2-6-10-12;1-2-6-9-8(4-1)5-3-7-10-9;1-2-4-8-7(3-1)9-5-6-10-8;1-2-8-6-4-3-5-7-8/h1-12H;1-10H;1-7H;1-6H;1,3-7H. The third-order valence-corrected chi connectivity index (χ3v) is 11.0. The summed E-state index contributed by atoms with van der Waals surface area (Å²) in [5.74, 6) is 2.53. The molecule has 0 saturated carbocycles. The molecule has 0 unspecified atom stereocenters. The van der Waals surface area contributed by atoms with E-state index in [4.69, 9.17) is 6.42 Å². The second-order valence-corrected chi connectivity index (χ2v) is 15.0. The minimum absolute atomic E-state index is 0.938. The van der Waals surface area contributed by atoms with Crippen molar-refractivity contribution >= 4 is 76.8 Å². The Balaban J connectivity index is 0.000000110. The van der Waals surface area contributed by atoms with Crippen LogP contribution < -0.4 is 0 Å². The highest BCUT2D eigenvalue weighted by molar-refractivity contribution is 7.99. The molecule has 0 aliphatic carbocycles. The summed E-state index contributed by atoms with van der Waals surface area (Å²) >= 11 is 1.79. The van der Waals surface area contributed by atoms with Crippen molar-refractivity contribution in [2.24, 2.45) is 0 Å². The van der Waals surface area contributed by atoms with E-state index in [2.05, 4.69) is 154 Å². The van der Waals surface area contributed by atoms with E-state index in [1.165, 1.54) is 58.3 Å². The smallest absolute Gasteiger partial charge is 0.0886 e. The molecule has 0 atom stereocenters. The molecule has 61 heavy (non-hydrogen) atoms. The zero-order valence-corrected chi connectivity index (χ0v) is 34.2. The summed E-state index contributed by atoms with van der Waals surface area (Å²) in [6, 6.07) is 76.7. The maximum Gasteiger partial charge on any atom is 0.0886 e. The molecule has 2 aromatic heterocycles. The second kappa shape index (κ2) is 20.2. The molecule has 0 saturated heterocycles. The molecule has 0 radical (unpaired) electrons. The minimum atomic E-state index is 0.938. The Morgan fingerprint density at radius 1 is 0.311 bits per heavy atom. The fraction of sp³-hybridized carbons (Fsp3) is 0. The van der Waals surface area contributed by atoms with Gasteiger partial charge in [0.15, 0.2) is 0 Å². The first-order chi connectivity index (χ1) is 30.2. The number of terminal acetylenes is 1. The van der Waals surface area contributed by atoms with Crippen molar-refractivity contribution in [3.05, 3.63) is 249 Å². The van der Waals surface area contributed by atoms with E-state index in [9.17, 15) is 0 Å². The van der Waals surface area contributed by atoms with E-state index in [1.54, 1.807) is 24.2 Å². The number of rotatable bonds is 2. The summed E-state index contributed by atoms with van der Waals surface area (Å²) in [5, 5.41) is 12.1. The molecule has 0 aliphatic heterocycles. The molecular weight excluding hydrogens is 759 g/mol. The fourth-order valence-corrected chi connectivity index (χ4v) is 8.01. The number of benzene rings is 10. The number of hydrogen-bond donors (Lipinski definition) is 0. The quantitative estimate of drug-likeness (QED) is 0.0992. The van der Waals surface area contributed by atoms with E-state index in [-0.39, 0.29) is 0 Å². The largest absolute Gasteiger partial charge is 0.256 e. The van der Waals surface area contributed by atoms with Gasteiger partial charge in [0.05, 0.1) is 16.6 Å². The number of aromatic nitrogens is 3. The number of para-hydroxylation sites is 3. The van der Waals surface area contributed by atoms with Crippen LogP contribution in [-0.2, 0) is 0 Å². The molecule has 0 fully saturated rings. The molecule has 0 aliphatic rings. The Labute approximate surface area is 360 Å². The van der Waals surface area contributed by atoms with Crippen molar-refractivity contribution in [2.45, 2.75) is 9.79 Å². The monoisotopic (exact) mass is 799 g/mol. The van der Waals surface area contributed by atoms with Gasteiger partial charge < -0.3 is 0 Å². The molecule has 3 nitrogen and oxygen atoms in total. The highest BCUT2D eigenvalue weighted by atomic mass is 32.2. The Kier molecular flexibility index (Phi) is 13.2. The van der Waals surface area contributed by atoms with Gasteiger partial charge in [0.1, 0.15) is 0 Å². The summed E-state index contributed by atoms with van der Waals surface area (Å²) in [5.41, 5.74) is 3.90. The minimum Gasteiger partial charge on any atom is -0.256 e. The lowest BCUT2D eigenvalue weighted by atomic mass is 9.90. The Morgan fingerprint density at radius 2 is 0.672 bits per heavy atom. The van der Waals surface area contributed by atoms with E-state index in [1.807, 2.05) is 97.2 Å². The number of hydrogen-bond acceptors (Lipinski definition) is 4. The van der Waals surface area contributed by atoms with Crippen molar-refractivity contribution in [3.63, 3.8) is 0 Å². The van der Waals surface area contributed by atoms with Gasteiger partial charge in [-0.05, 0) is 104 Å². The van der Waals surface area contributed by atoms with E-state index < -0.39 is 0 Å². The Morgan fingerprint density at radius 3 is 1.10 bits per heavy atom. The van der Waals surface area contributed by atoms with Crippen LogP contribution >= 0.6 is 11.8 Å². The fourth-order valence-electron chi connectivity index (χ4n) is 7.15. The maximum atomic E-state index is 5.10. The van der Waals surface area contributed by atoms with Gasteiger partial charge in [-0.25, -0.2) is 0 Å². The zero-order valence-electron chi connectivity index (χ0n) is 33.4. The van der Waals surface area contributed by atoms with Crippen LogP contribution in [0.4, 0.5) is 0 Å². The molecule has 2 heterocycles. The van der Waals surface area contributed by atoms with E-state index >= 15 is 0 Å². The average Bonchev–Trinajstić information content (AvgIpc) is 3.35. The molecule has 0 bridgehead atoms. The Bertz CT molecular complexity index is 2880. The normalized spacial score (nSPS) is 10.3. The van der Waals surface area contributed by atoms with Crippen molar-refractivity contribution in [2.75, 3.05) is 0 Å². The second-order valence-electron chi connectivity index (χ2n) is 13.9. The van der Waals surface area contributed by atoms with E-state index in [0.717, 1.165) is 22.1 Å². The van der Waals surface area contributed by atoms with Gasteiger partial charge in [0.2, 0.25) is 0 Å². The summed E-state index contributed by atoms with van der Waals surface area (Å²) in [6.45, 7) is 0. The van der Waals surface area contributed by atoms with Crippen molar-refractivity contribution in [1.29, 1.82) is 0 Å². The summed E-state index contributed by atoms with van der Waals surface area (Å²) in [7, 11) is 0. The van der Waals surface area contributed by atoms with Gasteiger partial charge in [0, 0.05) is 39.3 Å². The number of fused-ring (bicyclic) bond motifs is 4. The van der Waals surface area contributed by atoms with Gasteiger partial charge in [-0.3, -0.25) is 15.0 Å². The summed E-state index contributed by atoms with van der Waals surface area (Å²) in [4.78, 5) is 15.0. The average molecular weight is 800 g/mol. The van der Waals surface area contributed by atoms with Gasteiger partial charge in [-0.15, -0.1) is 6.42 Å². The lowest BCUT2D eigenvalue weighted by Crippen LogP contribution is -1.85. The predicted molar refractivity (Wildman–Crippen MR) is 260 cm³/mol. The molecule has 4 heteroatoms. The van der Waals surface area contributed by atoms with Crippen LogP contribution in [0.2, 0.25) is 0 Å². The van der Waals surface area contributed by atoms with Gasteiger partial charge in [-0.1, -0.05) is 181 Å². The third-order valence-electron chi connectivity index (χ3n) is 9.94. The first-order valence-corrected chi connectivity index (χ1v) is 20.9. The molecule has 10 aromatic carbocycles. The lowest BCUT2D eigenvalue weighted by molar-refractivity contribution is 1.29. The highest BCUT2D eigenvalue weighted by Crippen LogP contribution is 2.39. The van der Waals surface area contributed by atoms with Crippen molar-refractivity contribution in [3.8, 4) is 12.3 Å². The van der Waals surface area contributed by atoms with Crippen LogP contribution in [-0.4, -0.2) is 15.0 Å². The van der Waals surface area contributed by atoms with Crippen LogP contribution in [0.5, 0.6) is 0 Å². The molecule has 12 aromatic rings. The van der Waals surface area contributed by atoms with Gasteiger partial charge >= 0.3 is 0 Å². The first kappa shape index (κ1) is 40.0. The molecule has 12 rings (SSSR count). The Hall–Kier alpha value is -7.84. The van der Waals surface area contributed by atoms with Crippen molar-refractivity contribution < 1.29 is 0 Å². The zero-order chi connectivity index (χ0) is 41.5. The van der Waals surface area contributed by atoms with Crippen molar-refractivity contribution in [1.82, 2.24) is 15.0 Å². The lowest BCUT2D eigenvalue weighted by Gasteiger charge is -2.13. The van der Waals surface area contributed by atoms with Crippen LogP contribution in [0.15, 0.2) is 253 Å². The summed E-state index contributed by atoms with van der Waals surface area (Å²) < 4.78 is 0. The van der Waals surface area contributed by atoms with E-state index in [0.29, 0.717) is 0 Å². The molecule has 0 spiro atoms. The molecule has 0 amide bonds. The molecule has 290 valence electrons. The van der Waals surface area contributed by atoms with Crippen LogP contribution in [0.1, 0.15) is 5.56 Å². The van der Waals surface area contributed by atoms with Gasteiger partial charge in [0.25, 0.3) is 0 Å². The van der Waals surface area contributed by atoms with Crippen LogP contribution in [0.25, 0.3) is 65.0 Å². The number of nitrogens with zero attached hydrogens (tertiary/aromatic N) is 3. The third kappa shape index (κ3) is 10.1. The number of pyridine rings is 1. The maximum absolute atomic E-state index is 5.10. The first-order valence-electron chi connectivity index (χ1n) is 20.0. The van der Waals surface area contributed by atoms with Crippen LogP contribution in [0, 0.1) is 12.3 Å².